The van der Waals surface area contributed by atoms with Crippen molar-refractivity contribution in [2.24, 2.45) is 35.0 Å². The normalized spacial score (nSPS) is 53.0. The molecule has 4 aliphatic carbocycles. The van der Waals surface area contributed by atoms with Gasteiger partial charge in [0.05, 0.1) is 0 Å². The molecule has 0 radical (unpaired) electrons. The van der Waals surface area contributed by atoms with Crippen LogP contribution in [0.4, 0.5) is 0 Å². The summed E-state index contributed by atoms with van der Waals surface area (Å²) in [4.78, 5) is 0. The first-order valence-electron chi connectivity index (χ1n) is 8.87. The molecule has 3 fully saturated rings. The van der Waals surface area contributed by atoms with Gasteiger partial charge in [-0.1, -0.05) is 0 Å². The molecule has 0 heterocycles. The summed E-state index contributed by atoms with van der Waals surface area (Å²) in [5.41, 5.74) is 0.586. The monoisotopic (exact) mass is 250 g/mol. The molecule has 0 nitrogen and oxygen atoms in total. The standard InChI is InChI=1S/C18H27.Li/c1-18-11-4-7-17(18)16-9-8-13-5-2-3-6-14(13)15(16)10-12-18;/h4,13-17H,2-3,5-10,12H2,1H3;/t13?,14-,15+,16+,17-,18-;/m0./s1. The molecular weight excluding hydrogens is 223 g/mol. The molecular formula is C18H27Li. The van der Waals surface area contributed by atoms with Gasteiger partial charge in [-0.15, -0.1) is 0 Å². The average Bonchev–Trinajstić information content (AvgIpc) is 2.75. The van der Waals surface area contributed by atoms with E-state index in [2.05, 4.69) is 30.7 Å². The van der Waals surface area contributed by atoms with Crippen LogP contribution in [0.2, 0.25) is 0 Å². The van der Waals surface area contributed by atoms with E-state index in [4.69, 9.17) is 0 Å². The average molecular weight is 250 g/mol. The van der Waals surface area contributed by atoms with Crippen molar-refractivity contribution in [3.63, 3.8) is 0 Å². The fraction of sp³-hybridized carbons (Fsp3) is 0.889. The number of rotatable bonds is 0. The van der Waals surface area contributed by atoms with E-state index in [1.54, 1.807) is 36.4 Å². The first-order chi connectivity index (χ1) is 9.20. The van der Waals surface area contributed by atoms with Crippen LogP contribution in [-0.2, 0) is 0 Å². The van der Waals surface area contributed by atoms with Gasteiger partial charge in [0, 0.05) is 0 Å². The molecule has 4 rings (SSSR count). The fourth-order valence-electron chi connectivity index (χ4n) is 6.61. The third-order valence-corrected chi connectivity index (χ3v) is 7.85. The molecule has 1 heteroatoms. The maximum atomic E-state index is 2.58. The zero-order valence-corrected chi connectivity index (χ0v) is 12.8. The molecule has 0 N–H and O–H groups in total. The Bertz CT molecular complexity index is 398. The zero-order valence-electron chi connectivity index (χ0n) is 12.8. The van der Waals surface area contributed by atoms with Gasteiger partial charge in [0.25, 0.3) is 0 Å². The summed E-state index contributed by atoms with van der Waals surface area (Å²) in [6.45, 7) is 2.58. The van der Waals surface area contributed by atoms with E-state index in [0.717, 1.165) is 29.6 Å². The Kier molecular flexibility index (Phi) is 3.21. The molecule has 0 aliphatic heterocycles. The Morgan fingerprint density at radius 2 is 1.84 bits per heavy atom. The van der Waals surface area contributed by atoms with Gasteiger partial charge >= 0.3 is 128 Å². The minimum atomic E-state index is 0.586. The number of hydrogen-bond donors (Lipinski definition) is 0. The fourth-order valence-corrected chi connectivity index (χ4v) is 6.61. The van der Waals surface area contributed by atoms with Gasteiger partial charge in [0.1, 0.15) is 0 Å². The van der Waals surface area contributed by atoms with E-state index in [1.165, 1.54) is 25.7 Å². The molecule has 0 bridgehead atoms. The van der Waals surface area contributed by atoms with Crippen LogP contribution < -0.4 is 0 Å². The molecule has 0 saturated heterocycles. The summed E-state index contributed by atoms with van der Waals surface area (Å²) >= 11 is 2.41. The minimum absolute atomic E-state index is 0.586. The zero-order chi connectivity index (χ0) is 13.0. The second kappa shape index (κ2) is 4.67. The van der Waals surface area contributed by atoms with Crippen LogP contribution in [0.1, 0.15) is 64.7 Å². The molecule has 1 unspecified atom stereocenters. The SMILES string of the molecule is [Li][C]1=CC[C@H]2[C@@H]3CCC4CCCC[C@@H]4[C@H]3CC[C@]12C. The summed E-state index contributed by atoms with van der Waals surface area (Å²) in [5.74, 6) is 5.44. The topological polar surface area (TPSA) is 0 Å². The summed E-state index contributed by atoms with van der Waals surface area (Å²) in [6.07, 6.45) is 16.3. The van der Waals surface area contributed by atoms with Crippen LogP contribution in [-0.4, -0.2) is 17.7 Å². The van der Waals surface area contributed by atoms with E-state index in [-0.39, 0.29) is 0 Å². The number of allylic oxidation sites excluding steroid dienone is 2. The van der Waals surface area contributed by atoms with Crippen LogP contribution >= 0.6 is 0 Å². The van der Waals surface area contributed by atoms with Gasteiger partial charge in [0.2, 0.25) is 0 Å². The summed E-state index contributed by atoms with van der Waals surface area (Å²) in [7, 11) is 0. The molecule has 6 atom stereocenters. The van der Waals surface area contributed by atoms with Gasteiger partial charge < -0.3 is 0 Å². The van der Waals surface area contributed by atoms with Crippen molar-refractivity contribution in [1.29, 1.82) is 0 Å². The van der Waals surface area contributed by atoms with Crippen LogP contribution in [0, 0.1) is 35.0 Å². The first-order valence-corrected chi connectivity index (χ1v) is 8.87. The van der Waals surface area contributed by atoms with Crippen molar-refractivity contribution >= 4 is 17.7 Å². The Morgan fingerprint density at radius 1 is 1.00 bits per heavy atom. The van der Waals surface area contributed by atoms with Gasteiger partial charge in [-0.25, -0.2) is 0 Å². The maximum absolute atomic E-state index is 2.58. The molecule has 100 valence electrons. The predicted molar refractivity (Wildman–Crippen MR) is 80.9 cm³/mol. The van der Waals surface area contributed by atoms with Gasteiger partial charge in [-0.2, -0.15) is 0 Å². The summed E-state index contributed by atoms with van der Waals surface area (Å²) in [6, 6.07) is 0. The quantitative estimate of drug-likeness (QED) is 0.547. The van der Waals surface area contributed by atoms with Crippen molar-refractivity contribution in [2.75, 3.05) is 0 Å². The van der Waals surface area contributed by atoms with Crippen molar-refractivity contribution < 1.29 is 0 Å². The van der Waals surface area contributed by atoms with Gasteiger partial charge in [-0.3, -0.25) is 0 Å². The van der Waals surface area contributed by atoms with E-state index < -0.39 is 0 Å². The molecule has 19 heavy (non-hydrogen) atoms. The number of fused-ring (bicyclic) bond motifs is 5. The molecule has 3 saturated carbocycles. The van der Waals surface area contributed by atoms with E-state index in [0.29, 0.717) is 5.41 Å². The van der Waals surface area contributed by atoms with Crippen molar-refractivity contribution in [1.82, 2.24) is 0 Å². The second-order valence-electron chi connectivity index (χ2n) is 8.30. The molecule has 0 aromatic carbocycles. The van der Waals surface area contributed by atoms with Crippen LogP contribution in [0.3, 0.4) is 0 Å². The molecule has 0 amide bonds. The molecule has 0 aromatic rings. The second-order valence-corrected chi connectivity index (χ2v) is 8.30. The van der Waals surface area contributed by atoms with E-state index in [9.17, 15) is 0 Å². The summed E-state index contributed by atoms with van der Waals surface area (Å²) < 4.78 is 1.72. The molecule has 0 aromatic heterocycles. The third-order valence-electron chi connectivity index (χ3n) is 7.85. The van der Waals surface area contributed by atoms with Crippen molar-refractivity contribution in [3.05, 3.63) is 10.3 Å². The predicted octanol–water partition coefficient (Wildman–Crippen LogP) is 4.69. The Labute approximate surface area is 128 Å². The van der Waals surface area contributed by atoms with Crippen LogP contribution in [0.5, 0.6) is 0 Å². The van der Waals surface area contributed by atoms with E-state index in [1.807, 2.05) is 0 Å². The van der Waals surface area contributed by atoms with Gasteiger partial charge in [-0.05, 0) is 0 Å². The Balaban J connectivity index is 1.60. The van der Waals surface area contributed by atoms with Crippen LogP contribution in [0.15, 0.2) is 10.3 Å². The van der Waals surface area contributed by atoms with Crippen molar-refractivity contribution in [3.8, 4) is 0 Å². The Hall–Kier alpha value is 0.337. The van der Waals surface area contributed by atoms with E-state index >= 15 is 0 Å². The molecule has 4 aliphatic rings. The summed E-state index contributed by atoms with van der Waals surface area (Å²) in [5, 5.41) is 0. The third kappa shape index (κ3) is 1.86. The number of hydrogen-bond acceptors (Lipinski definition) is 0. The molecule has 0 spiro atoms. The first kappa shape index (κ1) is 13.0. The van der Waals surface area contributed by atoms with Gasteiger partial charge in [0.15, 0.2) is 0 Å². The Morgan fingerprint density at radius 3 is 2.74 bits per heavy atom. The van der Waals surface area contributed by atoms with Crippen molar-refractivity contribution in [2.45, 2.75) is 64.7 Å². The van der Waals surface area contributed by atoms with Crippen LogP contribution in [0.25, 0.3) is 0 Å².